The molecule has 3 aromatic rings. The topological polar surface area (TPSA) is 99.4 Å². The van der Waals surface area contributed by atoms with E-state index >= 15 is 0 Å². The number of carbonyl (C=O) groups excluding carboxylic acids is 1. The van der Waals surface area contributed by atoms with Crippen molar-refractivity contribution in [2.75, 3.05) is 24.3 Å². The highest BCUT2D eigenvalue weighted by Gasteiger charge is 2.17. The lowest BCUT2D eigenvalue weighted by Gasteiger charge is -2.15. The lowest BCUT2D eigenvalue weighted by molar-refractivity contribution is 0.102. The Bertz CT molecular complexity index is 975. The molecule has 1 aliphatic heterocycles. The molecule has 0 aliphatic carbocycles. The number of fused-ring (bicyclic) bond motifs is 6. The number of para-hydroxylation sites is 2. The fourth-order valence-electron chi connectivity index (χ4n) is 2.64. The molecule has 1 amide bonds. The summed E-state index contributed by atoms with van der Waals surface area (Å²) in [6, 6.07) is 14.6. The summed E-state index contributed by atoms with van der Waals surface area (Å²) in [4.78, 5) is 21.2. The summed E-state index contributed by atoms with van der Waals surface area (Å²) >= 11 is 0. The number of anilines is 2. The summed E-state index contributed by atoms with van der Waals surface area (Å²) in [5.41, 5.74) is 7.77. The van der Waals surface area contributed by atoms with E-state index in [0.29, 0.717) is 36.1 Å². The highest BCUT2D eigenvalue weighted by Crippen LogP contribution is 2.27. The van der Waals surface area contributed by atoms with Crippen LogP contribution in [0.2, 0.25) is 0 Å². The third-order valence-electron chi connectivity index (χ3n) is 3.89. The number of nitrogens with one attached hydrogen (secondary N) is 1. The van der Waals surface area contributed by atoms with E-state index in [4.69, 9.17) is 15.2 Å². The SMILES string of the molecule is Nc1ncc2nc1C(=O)Nc1ccccc1OCCOc1cccc-2c1. The van der Waals surface area contributed by atoms with E-state index in [9.17, 15) is 4.79 Å². The lowest BCUT2D eigenvalue weighted by Crippen LogP contribution is -2.18. The van der Waals surface area contributed by atoms with Gasteiger partial charge >= 0.3 is 0 Å². The molecule has 1 aromatic heterocycles. The second kappa shape index (κ2) is 6.72. The zero-order valence-corrected chi connectivity index (χ0v) is 13.8. The molecule has 2 aromatic carbocycles. The number of nitrogen functional groups attached to an aromatic ring is 1. The van der Waals surface area contributed by atoms with Gasteiger partial charge in [0.2, 0.25) is 0 Å². The molecule has 0 fully saturated rings. The Morgan fingerprint density at radius 1 is 1.04 bits per heavy atom. The van der Waals surface area contributed by atoms with Crippen LogP contribution < -0.4 is 20.5 Å². The first-order chi connectivity index (χ1) is 12.7. The molecule has 7 heteroatoms. The molecule has 0 atom stereocenters. The van der Waals surface area contributed by atoms with E-state index in [0.717, 1.165) is 5.56 Å². The van der Waals surface area contributed by atoms with Crippen molar-refractivity contribution < 1.29 is 14.3 Å². The minimum atomic E-state index is -0.447. The van der Waals surface area contributed by atoms with E-state index < -0.39 is 5.91 Å². The Balaban J connectivity index is 1.81. The average molecular weight is 348 g/mol. The number of benzene rings is 2. The smallest absolute Gasteiger partial charge is 0.278 e. The van der Waals surface area contributed by atoms with Gasteiger partial charge in [0.25, 0.3) is 5.91 Å². The van der Waals surface area contributed by atoms with Crippen LogP contribution in [0.3, 0.4) is 0 Å². The Kier molecular flexibility index (Phi) is 4.10. The molecule has 4 bridgehead atoms. The second-order valence-corrected chi connectivity index (χ2v) is 5.66. The minimum Gasteiger partial charge on any atom is -0.490 e. The maximum Gasteiger partial charge on any atom is 0.278 e. The van der Waals surface area contributed by atoms with Crippen molar-refractivity contribution >= 4 is 17.4 Å². The molecule has 0 saturated carbocycles. The van der Waals surface area contributed by atoms with Crippen LogP contribution in [0.1, 0.15) is 10.5 Å². The van der Waals surface area contributed by atoms with Crippen LogP contribution in [0, 0.1) is 0 Å². The van der Waals surface area contributed by atoms with Crippen LogP contribution >= 0.6 is 0 Å². The fourth-order valence-corrected chi connectivity index (χ4v) is 2.64. The predicted octanol–water partition coefficient (Wildman–Crippen LogP) is 2.75. The number of aromatic nitrogens is 2. The summed E-state index contributed by atoms with van der Waals surface area (Å²) in [5.74, 6) is 0.834. The van der Waals surface area contributed by atoms with Crippen molar-refractivity contribution in [3.63, 3.8) is 0 Å². The number of hydrogen-bond acceptors (Lipinski definition) is 6. The molecular weight excluding hydrogens is 332 g/mol. The normalized spacial score (nSPS) is 13.5. The molecule has 3 N–H and O–H groups in total. The van der Waals surface area contributed by atoms with Gasteiger partial charge in [0.1, 0.15) is 24.7 Å². The van der Waals surface area contributed by atoms with Crippen LogP contribution in [-0.2, 0) is 0 Å². The maximum absolute atomic E-state index is 12.7. The summed E-state index contributed by atoms with van der Waals surface area (Å²) in [5, 5.41) is 2.78. The van der Waals surface area contributed by atoms with Crippen molar-refractivity contribution in [2.45, 2.75) is 0 Å². The van der Waals surface area contributed by atoms with Gasteiger partial charge in [0, 0.05) is 5.56 Å². The van der Waals surface area contributed by atoms with Gasteiger partial charge in [-0.1, -0.05) is 24.3 Å². The molecule has 1 aliphatic rings. The van der Waals surface area contributed by atoms with Gasteiger partial charge in [0.05, 0.1) is 17.6 Å². The highest BCUT2D eigenvalue weighted by molar-refractivity contribution is 6.06. The number of hydrogen-bond donors (Lipinski definition) is 2. The molecule has 4 rings (SSSR count). The molecule has 0 unspecified atom stereocenters. The Hall–Kier alpha value is -3.61. The first-order valence-electron chi connectivity index (χ1n) is 8.09. The molecule has 7 nitrogen and oxygen atoms in total. The Morgan fingerprint density at radius 3 is 2.81 bits per heavy atom. The monoisotopic (exact) mass is 348 g/mol. The second-order valence-electron chi connectivity index (χ2n) is 5.66. The summed E-state index contributed by atoms with van der Waals surface area (Å²) in [7, 11) is 0. The van der Waals surface area contributed by atoms with Gasteiger partial charge < -0.3 is 20.5 Å². The van der Waals surface area contributed by atoms with Gasteiger partial charge in [-0.3, -0.25) is 4.79 Å². The molecule has 0 saturated heterocycles. The van der Waals surface area contributed by atoms with Crippen molar-refractivity contribution in [1.82, 2.24) is 9.97 Å². The first kappa shape index (κ1) is 15.9. The van der Waals surface area contributed by atoms with E-state index in [1.54, 1.807) is 18.2 Å². The number of amides is 1. The zero-order valence-electron chi connectivity index (χ0n) is 13.8. The average Bonchev–Trinajstić information content (AvgIpc) is 2.66. The van der Waals surface area contributed by atoms with Gasteiger partial charge in [-0.2, -0.15) is 0 Å². The number of ether oxygens (including phenoxy) is 2. The molecular formula is C19H16N4O3. The van der Waals surface area contributed by atoms with Gasteiger partial charge in [-0.15, -0.1) is 0 Å². The van der Waals surface area contributed by atoms with Crippen LogP contribution in [0.15, 0.2) is 54.7 Å². The minimum absolute atomic E-state index is 0.0562. The summed E-state index contributed by atoms with van der Waals surface area (Å²) < 4.78 is 11.5. The van der Waals surface area contributed by atoms with Gasteiger partial charge in [0.15, 0.2) is 11.5 Å². The number of nitrogens with two attached hydrogens (primary N) is 1. The van der Waals surface area contributed by atoms with Gasteiger partial charge in [-0.05, 0) is 24.3 Å². The molecule has 0 spiro atoms. The van der Waals surface area contributed by atoms with Crippen LogP contribution in [-0.4, -0.2) is 29.1 Å². The number of carbonyl (C=O) groups is 1. The maximum atomic E-state index is 12.7. The van der Waals surface area contributed by atoms with E-state index in [1.165, 1.54) is 6.20 Å². The van der Waals surface area contributed by atoms with E-state index in [-0.39, 0.29) is 11.5 Å². The molecule has 2 heterocycles. The highest BCUT2D eigenvalue weighted by atomic mass is 16.5. The molecule has 26 heavy (non-hydrogen) atoms. The number of rotatable bonds is 0. The van der Waals surface area contributed by atoms with Crippen molar-refractivity contribution in [1.29, 1.82) is 0 Å². The molecule has 130 valence electrons. The Morgan fingerprint density at radius 2 is 1.88 bits per heavy atom. The van der Waals surface area contributed by atoms with Gasteiger partial charge in [-0.25, -0.2) is 9.97 Å². The summed E-state index contributed by atoms with van der Waals surface area (Å²) in [6.07, 6.45) is 1.54. The quantitative estimate of drug-likeness (QED) is 0.648. The van der Waals surface area contributed by atoms with Crippen molar-refractivity contribution in [2.24, 2.45) is 0 Å². The summed E-state index contributed by atoms with van der Waals surface area (Å²) in [6.45, 7) is 0.703. The van der Waals surface area contributed by atoms with Crippen LogP contribution in [0.25, 0.3) is 11.3 Å². The van der Waals surface area contributed by atoms with E-state index in [2.05, 4.69) is 15.3 Å². The Labute approximate surface area is 149 Å². The van der Waals surface area contributed by atoms with Crippen LogP contribution in [0.4, 0.5) is 11.5 Å². The van der Waals surface area contributed by atoms with Crippen molar-refractivity contribution in [3.05, 3.63) is 60.4 Å². The van der Waals surface area contributed by atoms with E-state index in [1.807, 2.05) is 30.3 Å². The first-order valence-corrected chi connectivity index (χ1v) is 8.09. The standard InChI is InChI=1S/C19H16N4O3/c20-18-17-19(24)23-14-6-1-2-7-16(14)26-9-8-25-13-5-3-4-12(10-13)15(22-17)11-21-18/h1-7,10-11H,8-9H2,(H2,20,21)(H,23,24). The third kappa shape index (κ3) is 3.14. The largest absolute Gasteiger partial charge is 0.490 e. The predicted molar refractivity (Wildman–Crippen MR) is 97.3 cm³/mol. The number of nitrogens with zero attached hydrogens (tertiary/aromatic N) is 2. The molecule has 0 radical (unpaired) electrons. The fraction of sp³-hybridized carbons (Fsp3) is 0.105. The van der Waals surface area contributed by atoms with Crippen molar-refractivity contribution in [3.8, 4) is 22.8 Å². The third-order valence-corrected chi connectivity index (χ3v) is 3.89. The zero-order chi connectivity index (χ0) is 17.9. The lowest BCUT2D eigenvalue weighted by atomic mass is 10.1. The van der Waals surface area contributed by atoms with Crippen LogP contribution in [0.5, 0.6) is 11.5 Å².